The highest BCUT2D eigenvalue weighted by molar-refractivity contribution is 5.81. The van der Waals surface area contributed by atoms with Gasteiger partial charge in [-0.25, -0.2) is 0 Å². The molecule has 2 aliphatic rings. The van der Waals surface area contributed by atoms with Gasteiger partial charge in [-0.05, 0) is 12.8 Å². The van der Waals surface area contributed by atoms with Crippen LogP contribution >= 0.6 is 0 Å². The summed E-state index contributed by atoms with van der Waals surface area (Å²) in [5.74, 6) is -3.43. The van der Waals surface area contributed by atoms with E-state index in [0.717, 1.165) is 12.8 Å². The molecule has 0 unspecified atom stereocenters. The van der Waals surface area contributed by atoms with Crippen LogP contribution in [0.4, 0.5) is 0 Å². The zero-order valence-electron chi connectivity index (χ0n) is 9.13. The summed E-state index contributed by atoms with van der Waals surface area (Å²) in [6.07, 6.45) is 4.52. The number of carboxylic acids is 2. The summed E-state index contributed by atoms with van der Waals surface area (Å²) in [5, 5.41) is 18.0. The molecule has 1 heterocycles. The minimum atomic E-state index is -0.979. The molecule has 2 rings (SSSR count). The lowest BCUT2D eigenvalue weighted by molar-refractivity contribution is -0.151. The van der Waals surface area contributed by atoms with Crippen molar-refractivity contribution in [2.24, 2.45) is 11.8 Å². The number of hydrogen-bond donors (Lipinski definition) is 2. The summed E-state index contributed by atoms with van der Waals surface area (Å²) >= 11 is 0. The highest BCUT2D eigenvalue weighted by Gasteiger charge is 2.44. The van der Waals surface area contributed by atoms with Crippen molar-refractivity contribution in [1.82, 2.24) is 4.90 Å². The predicted molar refractivity (Wildman–Crippen MR) is 56.1 cm³/mol. The Hall–Kier alpha value is -1.10. The number of likely N-dealkylation sites (tertiary alicyclic amines) is 1. The van der Waals surface area contributed by atoms with Gasteiger partial charge in [0.15, 0.2) is 0 Å². The van der Waals surface area contributed by atoms with E-state index >= 15 is 0 Å². The van der Waals surface area contributed by atoms with Gasteiger partial charge in [0.2, 0.25) is 0 Å². The van der Waals surface area contributed by atoms with Gasteiger partial charge in [0.05, 0.1) is 11.8 Å². The SMILES string of the molecule is O=C(O)[C@H]1CN(C2CCCC2)C[C@@H]1C(=O)O. The summed E-state index contributed by atoms with van der Waals surface area (Å²) in [7, 11) is 0. The van der Waals surface area contributed by atoms with Gasteiger partial charge in [0.25, 0.3) is 0 Å². The van der Waals surface area contributed by atoms with E-state index in [1.807, 2.05) is 0 Å². The molecule has 2 fully saturated rings. The largest absolute Gasteiger partial charge is 0.481 e. The van der Waals surface area contributed by atoms with E-state index < -0.39 is 23.8 Å². The molecular weight excluding hydrogens is 210 g/mol. The maximum absolute atomic E-state index is 11.0. The third-order valence-corrected chi connectivity index (χ3v) is 3.82. The number of aliphatic carboxylic acids is 2. The van der Waals surface area contributed by atoms with Gasteiger partial charge in [-0.3, -0.25) is 14.5 Å². The standard InChI is InChI=1S/C11H17NO4/c13-10(14)8-5-12(6-9(8)11(15)16)7-3-1-2-4-7/h7-9H,1-6H2,(H,13,14)(H,15,16)/t8-,9-/m0/s1. The van der Waals surface area contributed by atoms with Crippen LogP contribution in [0.25, 0.3) is 0 Å². The van der Waals surface area contributed by atoms with Crippen molar-refractivity contribution >= 4 is 11.9 Å². The molecular formula is C11H17NO4. The van der Waals surface area contributed by atoms with Crippen molar-refractivity contribution in [2.45, 2.75) is 31.7 Å². The van der Waals surface area contributed by atoms with E-state index in [2.05, 4.69) is 4.90 Å². The van der Waals surface area contributed by atoms with Gasteiger partial charge in [-0.15, -0.1) is 0 Å². The molecule has 16 heavy (non-hydrogen) atoms. The minimum absolute atomic E-state index is 0.400. The normalized spacial score (nSPS) is 32.0. The van der Waals surface area contributed by atoms with E-state index in [1.54, 1.807) is 0 Å². The number of hydrogen-bond acceptors (Lipinski definition) is 3. The third kappa shape index (κ3) is 2.04. The molecule has 0 spiro atoms. The Morgan fingerprint density at radius 1 is 0.938 bits per heavy atom. The number of carbonyl (C=O) groups is 2. The molecule has 2 atom stereocenters. The van der Waals surface area contributed by atoms with Gasteiger partial charge in [0, 0.05) is 19.1 Å². The van der Waals surface area contributed by atoms with Crippen LogP contribution in [0.3, 0.4) is 0 Å². The Bertz CT molecular complexity index is 276. The van der Waals surface area contributed by atoms with Crippen molar-refractivity contribution in [3.63, 3.8) is 0 Å². The molecule has 1 saturated heterocycles. The van der Waals surface area contributed by atoms with Crippen molar-refractivity contribution in [1.29, 1.82) is 0 Å². The summed E-state index contributed by atoms with van der Waals surface area (Å²) in [4.78, 5) is 24.0. The van der Waals surface area contributed by atoms with Crippen molar-refractivity contribution < 1.29 is 19.8 Å². The first-order chi connectivity index (χ1) is 7.59. The van der Waals surface area contributed by atoms with Gasteiger partial charge < -0.3 is 10.2 Å². The van der Waals surface area contributed by atoms with Crippen LogP contribution in [-0.4, -0.2) is 46.2 Å². The molecule has 0 bridgehead atoms. The molecule has 0 amide bonds. The maximum Gasteiger partial charge on any atom is 0.308 e. The topological polar surface area (TPSA) is 77.8 Å². The first-order valence-corrected chi connectivity index (χ1v) is 5.79. The van der Waals surface area contributed by atoms with Crippen molar-refractivity contribution in [3.8, 4) is 0 Å². The number of nitrogens with zero attached hydrogens (tertiary/aromatic N) is 1. The fourth-order valence-electron chi connectivity index (χ4n) is 2.90. The summed E-state index contributed by atoms with van der Waals surface area (Å²) in [5.41, 5.74) is 0. The lowest BCUT2D eigenvalue weighted by Gasteiger charge is -2.22. The van der Waals surface area contributed by atoms with Crippen LogP contribution in [0.15, 0.2) is 0 Å². The summed E-state index contributed by atoms with van der Waals surface area (Å²) in [6, 6.07) is 0.409. The lowest BCUT2D eigenvalue weighted by atomic mass is 9.97. The molecule has 90 valence electrons. The van der Waals surface area contributed by atoms with E-state index in [9.17, 15) is 9.59 Å². The molecule has 0 aromatic rings. The molecule has 0 radical (unpaired) electrons. The van der Waals surface area contributed by atoms with Crippen LogP contribution in [0, 0.1) is 11.8 Å². The third-order valence-electron chi connectivity index (χ3n) is 3.82. The average Bonchev–Trinajstić information content (AvgIpc) is 2.86. The second-order valence-corrected chi connectivity index (χ2v) is 4.78. The fraction of sp³-hybridized carbons (Fsp3) is 0.818. The Balaban J connectivity index is 2.05. The first-order valence-electron chi connectivity index (χ1n) is 5.79. The van der Waals surface area contributed by atoms with E-state index in [0.29, 0.717) is 19.1 Å². The van der Waals surface area contributed by atoms with E-state index in [4.69, 9.17) is 10.2 Å². The molecule has 1 aliphatic carbocycles. The summed E-state index contributed by atoms with van der Waals surface area (Å²) < 4.78 is 0. The molecule has 2 N–H and O–H groups in total. The fourth-order valence-corrected chi connectivity index (χ4v) is 2.90. The van der Waals surface area contributed by atoms with E-state index in [1.165, 1.54) is 12.8 Å². The van der Waals surface area contributed by atoms with Gasteiger partial charge in [0.1, 0.15) is 0 Å². The molecule has 5 nitrogen and oxygen atoms in total. The molecule has 1 saturated carbocycles. The predicted octanol–water partition coefficient (Wildman–Crippen LogP) is 0.646. The van der Waals surface area contributed by atoms with E-state index in [-0.39, 0.29) is 0 Å². The number of carboxylic acid groups (broad SMARTS) is 2. The molecule has 0 aromatic heterocycles. The average molecular weight is 227 g/mol. The molecule has 0 aromatic carbocycles. The van der Waals surface area contributed by atoms with Gasteiger partial charge in [-0.2, -0.15) is 0 Å². The molecule has 1 aliphatic heterocycles. The second-order valence-electron chi connectivity index (χ2n) is 4.78. The summed E-state index contributed by atoms with van der Waals surface area (Å²) in [6.45, 7) is 0.800. The van der Waals surface area contributed by atoms with Crippen LogP contribution < -0.4 is 0 Å². The van der Waals surface area contributed by atoms with Crippen LogP contribution in [-0.2, 0) is 9.59 Å². The van der Waals surface area contributed by atoms with Crippen LogP contribution in [0.2, 0.25) is 0 Å². The second kappa shape index (κ2) is 4.41. The number of rotatable bonds is 3. The molecule has 5 heteroatoms. The monoisotopic (exact) mass is 227 g/mol. The van der Waals surface area contributed by atoms with Crippen LogP contribution in [0.1, 0.15) is 25.7 Å². The maximum atomic E-state index is 11.0. The Morgan fingerprint density at radius 3 is 1.75 bits per heavy atom. The lowest BCUT2D eigenvalue weighted by Crippen LogP contribution is -2.32. The Kier molecular flexibility index (Phi) is 3.14. The van der Waals surface area contributed by atoms with Gasteiger partial charge >= 0.3 is 11.9 Å². The zero-order chi connectivity index (χ0) is 11.7. The minimum Gasteiger partial charge on any atom is -0.481 e. The van der Waals surface area contributed by atoms with Crippen molar-refractivity contribution in [3.05, 3.63) is 0 Å². The Morgan fingerprint density at radius 2 is 1.38 bits per heavy atom. The first kappa shape index (κ1) is 11.4. The van der Waals surface area contributed by atoms with Crippen LogP contribution in [0.5, 0.6) is 0 Å². The smallest absolute Gasteiger partial charge is 0.308 e. The zero-order valence-corrected chi connectivity index (χ0v) is 9.13. The highest BCUT2D eigenvalue weighted by Crippen LogP contribution is 2.31. The quantitative estimate of drug-likeness (QED) is 0.740. The Labute approximate surface area is 94.0 Å². The van der Waals surface area contributed by atoms with Crippen molar-refractivity contribution in [2.75, 3.05) is 13.1 Å². The highest BCUT2D eigenvalue weighted by atomic mass is 16.4. The van der Waals surface area contributed by atoms with Gasteiger partial charge in [-0.1, -0.05) is 12.8 Å².